The average Bonchev–Trinajstić information content (AvgIpc) is 2.98. The summed E-state index contributed by atoms with van der Waals surface area (Å²) in [6.45, 7) is 0.304. The molecule has 24 heavy (non-hydrogen) atoms. The van der Waals surface area contributed by atoms with Crippen molar-refractivity contribution < 1.29 is 14.3 Å². The fourth-order valence-corrected chi connectivity index (χ4v) is 2.76. The molecular weight excluding hydrogens is 330 g/mol. The number of aromatic nitrogens is 1. The largest absolute Gasteiger partial charge is 0.495 e. The maximum atomic E-state index is 12.4. The predicted molar refractivity (Wildman–Crippen MR) is 91.3 cm³/mol. The fourth-order valence-electron chi connectivity index (χ4n) is 2.65. The SMILES string of the molecule is COc1ccccc1N1CC(C(=O)Nc2ccc(Cl)cn2)CC1=O. The molecule has 2 heterocycles. The molecule has 0 aliphatic carbocycles. The molecule has 6 nitrogen and oxygen atoms in total. The van der Waals surface area contributed by atoms with Crippen LogP contribution in [0.2, 0.25) is 5.02 Å². The van der Waals surface area contributed by atoms with Gasteiger partial charge in [-0.15, -0.1) is 0 Å². The van der Waals surface area contributed by atoms with E-state index in [1.807, 2.05) is 12.1 Å². The molecule has 1 aliphatic rings. The Hall–Kier alpha value is -2.60. The van der Waals surface area contributed by atoms with Gasteiger partial charge in [0.25, 0.3) is 0 Å². The van der Waals surface area contributed by atoms with Gasteiger partial charge in [-0.05, 0) is 24.3 Å². The van der Waals surface area contributed by atoms with Crippen molar-refractivity contribution in [3.63, 3.8) is 0 Å². The number of halogens is 1. The van der Waals surface area contributed by atoms with Crippen LogP contribution in [0.15, 0.2) is 42.6 Å². The second-order valence-corrected chi connectivity index (χ2v) is 5.86. The molecule has 0 spiro atoms. The zero-order valence-corrected chi connectivity index (χ0v) is 13.8. The van der Waals surface area contributed by atoms with Crippen LogP contribution in [-0.4, -0.2) is 30.5 Å². The quantitative estimate of drug-likeness (QED) is 0.924. The summed E-state index contributed by atoms with van der Waals surface area (Å²) in [5.41, 5.74) is 0.671. The Labute approximate surface area is 144 Å². The second-order valence-electron chi connectivity index (χ2n) is 5.43. The Morgan fingerprint density at radius 1 is 1.33 bits per heavy atom. The van der Waals surface area contributed by atoms with Gasteiger partial charge in [0.1, 0.15) is 11.6 Å². The maximum Gasteiger partial charge on any atom is 0.230 e. The third kappa shape index (κ3) is 3.33. The maximum absolute atomic E-state index is 12.4. The molecule has 1 aromatic carbocycles. The number of pyridine rings is 1. The highest BCUT2D eigenvalue weighted by atomic mass is 35.5. The van der Waals surface area contributed by atoms with E-state index in [9.17, 15) is 9.59 Å². The summed E-state index contributed by atoms with van der Waals surface area (Å²) < 4.78 is 5.29. The molecule has 124 valence electrons. The number of ether oxygens (including phenoxy) is 1. The summed E-state index contributed by atoms with van der Waals surface area (Å²) in [5.74, 6) is 0.220. The first-order chi connectivity index (χ1) is 11.6. The van der Waals surface area contributed by atoms with Gasteiger partial charge in [0, 0.05) is 19.2 Å². The number of rotatable bonds is 4. The van der Waals surface area contributed by atoms with Crippen molar-refractivity contribution in [3.8, 4) is 5.75 Å². The number of benzene rings is 1. The molecule has 1 N–H and O–H groups in total. The Kier molecular flexibility index (Phi) is 4.66. The summed E-state index contributed by atoms with van der Waals surface area (Å²) in [4.78, 5) is 30.3. The molecule has 2 amide bonds. The molecule has 1 aromatic heterocycles. The summed E-state index contributed by atoms with van der Waals surface area (Å²) >= 11 is 5.77. The lowest BCUT2D eigenvalue weighted by atomic mass is 10.1. The van der Waals surface area contributed by atoms with Gasteiger partial charge >= 0.3 is 0 Å². The lowest BCUT2D eigenvalue weighted by Gasteiger charge is -2.19. The summed E-state index contributed by atoms with van der Waals surface area (Å²) in [7, 11) is 1.55. The molecule has 1 atom stereocenters. The number of nitrogens with one attached hydrogen (secondary N) is 1. The minimum absolute atomic E-state index is 0.108. The monoisotopic (exact) mass is 345 g/mol. The van der Waals surface area contributed by atoms with E-state index in [0.29, 0.717) is 28.8 Å². The van der Waals surface area contributed by atoms with Crippen LogP contribution in [0.4, 0.5) is 11.5 Å². The van der Waals surface area contributed by atoms with Crippen LogP contribution in [0.1, 0.15) is 6.42 Å². The topological polar surface area (TPSA) is 71.5 Å². The number of methoxy groups -OCH3 is 1. The third-order valence-electron chi connectivity index (χ3n) is 3.85. The van der Waals surface area contributed by atoms with Crippen molar-refractivity contribution in [3.05, 3.63) is 47.6 Å². The number of carbonyl (C=O) groups excluding carboxylic acids is 2. The number of anilines is 2. The highest BCUT2D eigenvalue weighted by Gasteiger charge is 2.36. The van der Waals surface area contributed by atoms with Crippen LogP contribution in [0.3, 0.4) is 0 Å². The van der Waals surface area contributed by atoms with Crippen molar-refractivity contribution in [2.45, 2.75) is 6.42 Å². The van der Waals surface area contributed by atoms with Gasteiger partial charge in [0.05, 0.1) is 23.7 Å². The average molecular weight is 346 g/mol. The second kappa shape index (κ2) is 6.88. The van der Waals surface area contributed by atoms with E-state index in [1.54, 1.807) is 36.3 Å². The Morgan fingerprint density at radius 3 is 2.83 bits per heavy atom. The molecular formula is C17H16ClN3O3. The summed E-state index contributed by atoms with van der Waals surface area (Å²) in [6, 6.07) is 10.5. The van der Waals surface area contributed by atoms with Crippen LogP contribution in [0.25, 0.3) is 0 Å². The smallest absolute Gasteiger partial charge is 0.230 e. The van der Waals surface area contributed by atoms with Gasteiger partial charge in [0.15, 0.2) is 0 Å². The fraction of sp³-hybridized carbons (Fsp3) is 0.235. The molecule has 1 saturated heterocycles. The van der Waals surface area contributed by atoms with Gasteiger partial charge in [-0.3, -0.25) is 9.59 Å². The van der Waals surface area contributed by atoms with E-state index in [0.717, 1.165) is 0 Å². The first-order valence-electron chi connectivity index (χ1n) is 7.44. The predicted octanol–water partition coefficient (Wildman–Crippen LogP) is 2.74. The Morgan fingerprint density at radius 2 is 2.12 bits per heavy atom. The van der Waals surface area contributed by atoms with Crippen LogP contribution in [0.5, 0.6) is 5.75 Å². The van der Waals surface area contributed by atoms with Gasteiger partial charge < -0.3 is 15.0 Å². The number of nitrogens with zero attached hydrogens (tertiary/aromatic N) is 2. The van der Waals surface area contributed by atoms with E-state index in [2.05, 4.69) is 10.3 Å². The molecule has 0 bridgehead atoms. The minimum atomic E-state index is -0.445. The van der Waals surface area contributed by atoms with E-state index < -0.39 is 5.92 Å². The van der Waals surface area contributed by atoms with E-state index in [4.69, 9.17) is 16.3 Å². The van der Waals surface area contributed by atoms with Crippen molar-refractivity contribution >= 4 is 34.9 Å². The van der Waals surface area contributed by atoms with E-state index in [-0.39, 0.29) is 18.2 Å². The molecule has 0 saturated carbocycles. The zero-order valence-electron chi connectivity index (χ0n) is 13.0. The van der Waals surface area contributed by atoms with E-state index >= 15 is 0 Å². The Bertz CT molecular complexity index is 764. The van der Waals surface area contributed by atoms with E-state index in [1.165, 1.54) is 6.20 Å². The number of amides is 2. The number of para-hydroxylation sites is 2. The minimum Gasteiger partial charge on any atom is -0.495 e. The highest BCUT2D eigenvalue weighted by Crippen LogP contribution is 2.33. The van der Waals surface area contributed by atoms with Gasteiger partial charge in [-0.1, -0.05) is 23.7 Å². The lowest BCUT2D eigenvalue weighted by Crippen LogP contribution is -2.28. The number of hydrogen-bond donors (Lipinski definition) is 1. The molecule has 1 unspecified atom stereocenters. The lowest BCUT2D eigenvalue weighted by molar-refractivity contribution is -0.122. The molecule has 2 aromatic rings. The highest BCUT2D eigenvalue weighted by molar-refractivity contribution is 6.30. The van der Waals surface area contributed by atoms with Crippen molar-refractivity contribution in [2.24, 2.45) is 5.92 Å². The van der Waals surface area contributed by atoms with Crippen LogP contribution in [-0.2, 0) is 9.59 Å². The first-order valence-corrected chi connectivity index (χ1v) is 7.82. The van der Waals surface area contributed by atoms with Gasteiger partial charge in [0.2, 0.25) is 11.8 Å². The standard InChI is InChI=1S/C17H16ClN3O3/c1-24-14-5-3-2-4-13(14)21-10-11(8-16(21)22)17(23)20-15-7-6-12(18)9-19-15/h2-7,9,11H,8,10H2,1H3,(H,19,20,23). The van der Waals surface area contributed by atoms with Crippen molar-refractivity contribution in [2.75, 3.05) is 23.9 Å². The van der Waals surface area contributed by atoms with Gasteiger partial charge in [-0.2, -0.15) is 0 Å². The normalized spacial score (nSPS) is 17.0. The zero-order chi connectivity index (χ0) is 17.1. The molecule has 0 radical (unpaired) electrons. The van der Waals surface area contributed by atoms with Crippen LogP contribution in [0, 0.1) is 5.92 Å². The Balaban J connectivity index is 1.72. The molecule has 1 fully saturated rings. The molecule has 7 heteroatoms. The van der Waals surface area contributed by atoms with Crippen molar-refractivity contribution in [1.82, 2.24) is 4.98 Å². The van der Waals surface area contributed by atoms with Crippen LogP contribution >= 0.6 is 11.6 Å². The van der Waals surface area contributed by atoms with Gasteiger partial charge in [-0.25, -0.2) is 4.98 Å². The number of carbonyl (C=O) groups is 2. The summed E-state index contributed by atoms with van der Waals surface area (Å²) in [6.07, 6.45) is 1.61. The first kappa shape index (κ1) is 16.3. The van der Waals surface area contributed by atoms with Crippen LogP contribution < -0.4 is 15.0 Å². The van der Waals surface area contributed by atoms with Crippen molar-refractivity contribution in [1.29, 1.82) is 0 Å². The third-order valence-corrected chi connectivity index (χ3v) is 4.07. The molecule has 1 aliphatic heterocycles. The molecule has 3 rings (SSSR count). The summed E-state index contributed by atoms with van der Waals surface area (Å²) in [5, 5.41) is 3.21. The number of hydrogen-bond acceptors (Lipinski definition) is 4.